The molecule has 146 valence electrons. The van der Waals surface area contributed by atoms with Crippen LogP contribution in [0.1, 0.15) is 63.9 Å². The van der Waals surface area contributed by atoms with Crippen LogP contribution in [0.4, 0.5) is 9.18 Å². The summed E-state index contributed by atoms with van der Waals surface area (Å²) in [5.74, 6) is 1.01. The SMILES string of the molecule is CCCCCCCCCCS/C(Cc1ccccc1)=N/SN(C)C(=O)F. The average molecular weight is 399 g/mol. The molecule has 0 spiro atoms. The lowest BCUT2D eigenvalue weighted by Gasteiger charge is -2.10. The van der Waals surface area contributed by atoms with Gasteiger partial charge in [0.25, 0.3) is 0 Å². The van der Waals surface area contributed by atoms with E-state index in [1.165, 1.54) is 57.6 Å². The number of halogens is 1. The Kier molecular flexibility index (Phi) is 13.4. The highest BCUT2D eigenvalue weighted by molar-refractivity contribution is 8.14. The van der Waals surface area contributed by atoms with Crippen LogP contribution in [0, 0.1) is 0 Å². The van der Waals surface area contributed by atoms with E-state index in [0.717, 1.165) is 33.7 Å². The Hall–Kier alpha value is -1.01. The molecule has 0 aliphatic heterocycles. The largest absolute Gasteiger partial charge is 0.411 e. The molecular weight excluding hydrogens is 367 g/mol. The van der Waals surface area contributed by atoms with Crippen molar-refractivity contribution in [3.05, 3.63) is 35.9 Å². The molecule has 0 unspecified atom stereocenters. The summed E-state index contributed by atoms with van der Waals surface area (Å²) in [6, 6.07) is 10.1. The first-order valence-corrected chi connectivity index (χ1v) is 11.2. The predicted molar refractivity (Wildman–Crippen MR) is 115 cm³/mol. The van der Waals surface area contributed by atoms with Crippen molar-refractivity contribution in [2.45, 2.75) is 64.7 Å². The van der Waals surface area contributed by atoms with Gasteiger partial charge in [0, 0.05) is 13.5 Å². The third-order valence-corrected chi connectivity index (χ3v) is 5.85. The third kappa shape index (κ3) is 11.6. The Morgan fingerprint density at radius 3 is 2.27 bits per heavy atom. The van der Waals surface area contributed by atoms with Crippen molar-refractivity contribution in [3.63, 3.8) is 0 Å². The van der Waals surface area contributed by atoms with Gasteiger partial charge in [0.1, 0.15) is 0 Å². The normalized spacial score (nSPS) is 11.6. The quantitative estimate of drug-likeness (QED) is 0.0888. The zero-order valence-electron chi connectivity index (χ0n) is 16.0. The lowest BCUT2D eigenvalue weighted by atomic mass is 10.1. The van der Waals surface area contributed by atoms with Gasteiger partial charge in [-0.2, -0.15) is 4.40 Å². The third-order valence-electron chi connectivity index (χ3n) is 3.98. The van der Waals surface area contributed by atoms with Crippen molar-refractivity contribution in [2.75, 3.05) is 12.8 Å². The number of amides is 1. The molecule has 0 aliphatic rings. The highest BCUT2D eigenvalue weighted by atomic mass is 32.2. The van der Waals surface area contributed by atoms with Gasteiger partial charge in [-0.3, -0.25) is 0 Å². The fraction of sp³-hybridized carbons (Fsp3) is 0.600. The second kappa shape index (κ2) is 15.1. The maximum Gasteiger partial charge on any atom is 0.411 e. The van der Waals surface area contributed by atoms with Gasteiger partial charge in [-0.1, -0.05) is 82.2 Å². The number of benzene rings is 1. The van der Waals surface area contributed by atoms with Crippen molar-refractivity contribution in [1.29, 1.82) is 0 Å². The molecule has 6 heteroatoms. The number of nitrogens with zero attached hydrogens (tertiary/aromatic N) is 2. The fourth-order valence-corrected chi connectivity index (χ4v) is 3.95. The van der Waals surface area contributed by atoms with Crippen LogP contribution in [-0.4, -0.2) is 28.3 Å². The number of rotatable bonds is 13. The standard InChI is InChI=1S/C20H31FN2OS2/c1-3-4-5-6-7-8-9-13-16-25-19(22-26-23(2)20(21)24)17-18-14-11-10-12-15-18/h10-12,14-15H,3-9,13,16-17H2,1-2H3/b22-19+. The van der Waals surface area contributed by atoms with Gasteiger partial charge in [0.2, 0.25) is 0 Å². The van der Waals surface area contributed by atoms with Crippen molar-refractivity contribution in [1.82, 2.24) is 4.31 Å². The average Bonchev–Trinajstić information content (AvgIpc) is 2.65. The molecular formula is C20H31FN2OS2. The lowest BCUT2D eigenvalue weighted by molar-refractivity contribution is 0.209. The smallest absolute Gasteiger partial charge is 0.242 e. The van der Waals surface area contributed by atoms with E-state index in [1.807, 2.05) is 18.2 Å². The Labute approximate surface area is 166 Å². The number of carbonyl (C=O) groups is 1. The summed E-state index contributed by atoms with van der Waals surface area (Å²) < 4.78 is 17.9. The van der Waals surface area contributed by atoms with Gasteiger partial charge in [-0.05, 0) is 17.7 Å². The zero-order valence-corrected chi connectivity index (χ0v) is 17.6. The second-order valence-corrected chi connectivity index (χ2v) is 8.36. The van der Waals surface area contributed by atoms with Gasteiger partial charge in [-0.15, -0.1) is 16.2 Å². The predicted octanol–water partition coefficient (Wildman–Crippen LogP) is 7.09. The first kappa shape index (κ1) is 23.0. The van der Waals surface area contributed by atoms with Crippen LogP contribution < -0.4 is 0 Å². The molecule has 3 nitrogen and oxygen atoms in total. The van der Waals surface area contributed by atoms with E-state index in [-0.39, 0.29) is 0 Å². The minimum atomic E-state index is -1.48. The summed E-state index contributed by atoms with van der Waals surface area (Å²) in [7, 11) is 1.39. The Bertz CT molecular complexity index is 526. The molecule has 1 amide bonds. The first-order chi connectivity index (χ1) is 12.6. The first-order valence-electron chi connectivity index (χ1n) is 9.47. The van der Waals surface area contributed by atoms with Crippen molar-refractivity contribution in [3.8, 4) is 0 Å². The number of hydrogen-bond acceptors (Lipinski definition) is 4. The minimum absolute atomic E-state index is 0.712. The highest BCUT2D eigenvalue weighted by Gasteiger charge is 2.09. The van der Waals surface area contributed by atoms with Crippen LogP contribution in [0.5, 0.6) is 0 Å². The number of hydrogen-bond donors (Lipinski definition) is 0. The Balaban J connectivity index is 2.35. The molecule has 0 heterocycles. The molecule has 0 N–H and O–H groups in total. The zero-order chi connectivity index (χ0) is 19.0. The molecule has 0 saturated heterocycles. The van der Waals surface area contributed by atoms with E-state index in [1.54, 1.807) is 11.8 Å². The van der Waals surface area contributed by atoms with Gasteiger partial charge in [0.15, 0.2) is 0 Å². The molecule has 1 aromatic carbocycles. The van der Waals surface area contributed by atoms with Gasteiger partial charge in [-0.25, -0.2) is 9.10 Å². The maximum atomic E-state index is 12.7. The van der Waals surface area contributed by atoms with E-state index in [9.17, 15) is 9.18 Å². The molecule has 0 atom stereocenters. The molecule has 26 heavy (non-hydrogen) atoms. The van der Waals surface area contributed by atoms with Crippen LogP contribution in [0.25, 0.3) is 0 Å². The van der Waals surface area contributed by atoms with Gasteiger partial charge < -0.3 is 0 Å². The molecule has 0 aromatic heterocycles. The summed E-state index contributed by atoms with van der Waals surface area (Å²) in [5, 5.41) is 0.928. The summed E-state index contributed by atoms with van der Waals surface area (Å²) in [6.45, 7) is 2.24. The van der Waals surface area contributed by atoms with Crippen molar-refractivity contribution < 1.29 is 9.18 Å². The fourth-order valence-electron chi connectivity index (χ4n) is 2.44. The monoisotopic (exact) mass is 398 g/mol. The van der Waals surface area contributed by atoms with E-state index in [4.69, 9.17) is 0 Å². The maximum absolute atomic E-state index is 12.7. The van der Waals surface area contributed by atoms with Crippen LogP contribution in [0.3, 0.4) is 0 Å². The molecule has 1 rings (SSSR count). The van der Waals surface area contributed by atoms with Crippen molar-refractivity contribution in [2.24, 2.45) is 4.40 Å². The molecule has 0 radical (unpaired) electrons. The summed E-state index contributed by atoms with van der Waals surface area (Å²) in [4.78, 5) is 10.7. The Morgan fingerprint density at radius 2 is 1.65 bits per heavy atom. The van der Waals surface area contributed by atoms with E-state index < -0.39 is 6.16 Å². The van der Waals surface area contributed by atoms with Gasteiger partial charge >= 0.3 is 6.16 Å². The second-order valence-electron chi connectivity index (χ2n) is 6.30. The van der Waals surface area contributed by atoms with Crippen LogP contribution in [0.2, 0.25) is 0 Å². The minimum Gasteiger partial charge on any atom is -0.242 e. The molecule has 1 aromatic rings. The van der Waals surface area contributed by atoms with E-state index in [0.29, 0.717) is 6.42 Å². The molecule has 0 saturated carbocycles. The van der Waals surface area contributed by atoms with Gasteiger partial charge in [0.05, 0.1) is 17.2 Å². The van der Waals surface area contributed by atoms with E-state index in [2.05, 4.69) is 23.5 Å². The summed E-state index contributed by atoms with van der Waals surface area (Å²) >= 11 is 2.58. The molecule has 0 aliphatic carbocycles. The highest BCUT2D eigenvalue weighted by Crippen LogP contribution is 2.20. The molecule has 0 fully saturated rings. The van der Waals surface area contributed by atoms with Crippen LogP contribution >= 0.6 is 23.9 Å². The Morgan fingerprint density at radius 1 is 1.04 bits per heavy atom. The van der Waals surface area contributed by atoms with Crippen molar-refractivity contribution >= 4 is 35.1 Å². The molecule has 0 bridgehead atoms. The summed E-state index contributed by atoms with van der Waals surface area (Å²) in [5.41, 5.74) is 1.17. The summed E-state index contributed by atoms with van der Waals surface area (Å²) in [6.07, 6.45) is 9.61. The number of thioether (sulfide) groups is 1. The van der Waals surface area contributed by atoms with Crippen LogP contribution in [0.15, 0.2) is 34.7 Å². The number of unbranched alkanes of at least 4 members (excludes halogenated alkanes) is 7. The number of carbonyl (C=O) groups excluding carboxylic acids is 1. The lowest BCUT2D eigenvalue weighted by Crippen LogP contribution is -2.12. The topological polar surface area (TPSA) is 32.7 Å². The van der Waals surface area contributed by atoms with E-state index >= 15 is 0 Å². The van der Waals surface area contributed by atoms with Crippen LogP contribution in [-0.2, 0) is 6.42 Å².